The smallest absolute Gasteiger partial charge is 0.407 e. The molecular weight excluding hydrogens is 462 g/mol. The summed E-state index contributed by atoms with van der Waals surface area (Å²) < 4.78 is 17.0. The van der Waals surface area contributed by atoms with E-state index >= 15 is 0 Å². The first-order valence-electron chi connectivity index (χ1n) is 13.1. The summed E-state index contributed by atoms with van der Waals surface area (Å²) in [6.07, 6.45) is 6.77. The van der Waals surface area contributed by atoms with Crippen LogP contribution in [0.3, 0.4) is 0 Å². The third-order valence-electron chi connectivity index (χ3n) is 5.13. The zero-order valence-corrected chi connectivity index (χ0v) is 22.7. The lowest BCUT2D eigenvalue weighted by Crippen LogP contribution is -2.33. The van der Waals surface area contributed by atoms with E-state index in [1.807, 2.05) is 27.7 Å². The Hall–Kier alpha value is -2.97. The maximum Gasteiger partial charge on any atom is 0.407 e. The number of amides is 3. The summed E-state index contributed by atoms with van der Waals surface area (Å²) in [6.45, 7) is 11.4. The molecule has 9 nitrogen and oxygen atoms in total. The average molecular weight is 508 g/mol. The predicted molar refractivity (Wildman–Crippen MR) is 141 cm³/mol. The van der Waals surface area contributed by atoms with E-state index < -0.39 is 17.6 Å². The molecule has 4 N–H and O–H groups in total. The minimum absolute atomic E-state index is 0.140. The minimum atomic E-state index is -0.675. The quantitative estimate of drug-likeness (QED) is 0.256. The van der Waals surface area contributed by atoms with Crippen LogP contribution in [0.15, 0.2) is 12.1 Å². The second-order valence-electron chi connectivity index (χ2n) is 9.71. The normalized spacial score (nSPS) is 11.0. The minimum Gasteiger partial charge on any atom is -0.493 e. The van der Waals surface area contributed by atoms with E-state index in [0.29, 0.717) is 44.2 Å². The Kier molecular flexibility index (Phi) is 14.4. The topological polar surface area (TPSA) is 129 Å². The molecule has 1 rings (SSSR count). The number of nitrogens with two attached hydrogens (primary N) is 1. The number of ether oxygens (including phenoxy) is 3. The van der Waals surface area contributed by atoms with Crippen LogP contribution in [0.2, 0.25) is 0 Å². The lowest BCUT2D eigenvalue weighted by molar-refractivity contribution is 0.0526. The second kappa shape index (κ2) is 16.7. The molecule has 0 atom stereocenters. The van der Waals surface area contributed by atoms with Crippen molar-refractivity contribution in [2.45, 2.75) is 91.6 Å². The first kappa shape index (κ1) is 31.1. The van der Waals surface area contributed by atoms with Gasteiger partial charge in [-0.1, -0.05) is 33.1 Å². The van der Waals surface area contributed by atoms with Gasteiger partial charge in [0.2, 0.25) is 0 Å². The maximum atomic E-state index is 12.7. The predicted octanol–water partition coefficient (Wildman–Crippen LogP) is 4.96. The van der Waals surface area contributed by atoms with E-state index in [2.05, 4.69) is 17.6 Å². The Morgan fingerprint density at radius 2 is 1.39 bits per heavy atom. The van der Waals surface area contributed by atoms with Gasteiger partial charge in [0.15, 0.2) is 0 Å². The third-order valence-corrected chi connectivity index (χ3v) is 5.13. The van der Waals surface area contributed by atoms with Crippen LogP contribution in [-0.4, -0.2) is 49.8 Å². The molecule has 0 fully saturated rings. The summed E-state index contributed by atoms with van der Waals surface area (Å²) in [7, 11) is 0. The molecule has 9 heteroatoms. The van der Waals surface area contributed by atoms with E-state index in [4.69, 9.17) is 19.9 Å². The number of primary amides is 1. The van der Waals surface area contributed by atoms with Gasteiger partial charge in [0.1, 0.15) is 17.1 Å². The highest BCUT2D eigenvalue weighted by molar-refractivity contribution is 6.02. The Bertz CT molecular complexity index is 836. The van der Waals surface area contributed by atoms with Gasteiger partial charge in [-0.25, -0.2) is 4.79 Å². The first-order chi connectivity index (χ1) is 17.1. The van der Waals surface area contributed by atoms with Gasteiger partial charge in [0, 0.05) is 19.2 Å². The van der Waals surface area contributed by atoms with Crippen LogP contribution >= 0.6 is 0 Å². The molecule has 0 aliphatic heterocycles. The van der Waals surface area contributed by atoms with Crippen molar-refractivity contribution in [1.29, 1.82) is 0 Å². The van der Waals surface area contributed by atoms with E-state index in [1.165, 1.54) is 6.07 Å². The lowest BCUT2D eigenvalue weighted by Gasteiger charge is -2.19. The average Bonchev–Trinajstić information content (AvgIpc) is 2.80. The van der Waals surface area contributed by atoms with Crippen molar-refractivity contribution in [3.8, 4) is 11.5 Å². The highest BCUT2D eigenvalue weighted by Gasteiger charge is 2.20. The second-order valence-corrected chi connectivity index (χ2v) is 9.71. The van der Waals surface area contributed by atoms with Crippen LogP contribution in [0.1, 0.15) is 107 Å². The zero-order valence-electron chi connectivity index (χ0n) is 22.7. The van der Waals surface area contributed by atoms with Gasteiger partial charge in [-0.15, -0.1) is 0 Å². The fourth-order valence-electron chi connectivity index (χ4n) is 3.31. The number of hydrogen-bond acceptors (Lipinski definition) is 6. The number of unbranched alkanes of at least 4 members (excludes halogenated alkanes) is 5. The number of carbonyl (C=O) groups is 3. The highest BCUT2D eigenvalue weighted by atomic mass is 16.6. The Morgan fingerprint density at radius 1 is 0.778 bits per heavy atom. The van der Waals surface area contributed by atoms with Crippen LogP contribution in [0.5, 0.6) is 11.5 Å². The molecule has 0 radical (unpaired) electrons. The van der Waals surface area contributed by atoms with Crippen LogP contribution in [0.25, 0.3) is 0 Å². The molecular formula is C27H45N3O6. The summed E-state index contributed by atoms with van der Waals surface area (Å²) in [5.74, 6) is -0.316. The standard InChI is InChI=1S/C27H45N3O6/c1-6-8-9-12-16-35-23-19-22(20(24(28)31)18-21(23)25(32)29-14-7-2)34-17-13-10-11-15-30-26(33)36-27(3,4)5/h18-19H,6-17H2,1-5H3,(H2,28,31)(H,29,32)(H,30,33). The molecule has 36 heavy (non-hydrogen) atoms. The van der Waals surface area contributed by atoms with E-state index in [-0.39, 0.29) is 17.0 Å². The zero-order chi connectivity index (χ0) is 27.0. The van der Waals surface area contributed by atoms with Crippen LogP contribution in [-0.2, 0) is 4.74 Å². The van der Waals surface area contributed by atoms with Gasteiger partial charge in [0.05, 0.1) is 24.3 Å². The molecule has 0 unspecified atom stereocenters. The molecule has 3 amide bonds. The van der Waals surface area contributed by atoms with Crippen molar-refractivity contribution < 1.29 is 28.6 Å². The molecule has 0 aliphatic carbocycles. The molecule has 0 saturated carbocycles. The van der Waals surface area contributed by atoms with Crippen LogP contribution in [0.4, 0.5) is 4.79 Å². The molecule has 1 aromatic carbocycles. The maximum absolute atomic E-state index is 12.7. The number of benzene rings is 1. The molecule has 0 aromatic heterocycles. The van der Waals surface area contributed by atoms with Crippen LogP contribution < -0.4 is 25.8 Å². The van der Waals surface area contributed by atoms with Crippen molar-refractivity contribution in [1.82, 2.24) is 10.6 Å². The summed E-state index contributed by atoms with van der Waals surface area (Å²) >= 11 is 0. The van der Waals surface area contributed by atoms with Gasteiger partial charge in [-0.05, 0) is 58.9 Å². The van der Waals surface area contributed by atoms with Gasteiger partial charge < -0.3 is 30.6 Å². The fourth-order valence-corrected chi connectivity index (χ4v) is 3.31. The van der Waals surface area contributed by atoms with Crippen molar-refractivity contribution in [2.24, 2.45) is 5.73 Å². The molecule has 1 aromatic rings. The summed E-state index contributed by atoms with van der Waals surface area (Å²) in [5, 5.41) is 5.55. The van der Waals surface area contributed by atoms with Crippen molar-refractivity contribution in [3.05, 3.63) is 23.3 Å². The highest BCUT2D eigenvalue weighted by Crippen LogP contribution is 2.30. The van der Waals surface area contributed by atoms with Gasteiger partial charge >= 0.3 is 6.09 Å². The SMILES string of the molecule is CCCCCCOc1cc(OCCCCCNC(=O)OC(C)(C)C)c(C(N)=O)cc1C(=O)NCCC. The molecule has 204 valence electrons. The largest absolute Gasteiger partial charge is 0.493 e. The molecule has 0 bridgehead atoms. The fraction of sp³-hybridized carbons (Fsp3) is 0.667. The Balaban J connectivity index is 2.75. The Morgan fingerprint density at radius 3 is 1.94 bits per heavy atom. The summed E-state index contributed by atoms with van der Waals surface area (Å²) in [4.78, 5) is 36.5. The van der Waals surface area contributed by atoms with Crippen molar-refractivity contribution in [3.63, 3.8) is 0 Å². The van der Waals surface area contributed by atoms with E-state index in [1.54, 1.807) is 6.07 Å². The molecule has 0 spiro atoms. The van der Waals surface area contributed by atoms with Gasteiger partial charge in [-0.2, -0.15) is 0 Å². The number of carbonyl (C=O) groups excluding carboxylic acids is 3. The van der Waals surface area contributed by atoms with Crippen molar-refractivity contribution >= 4 is 17.9 Å². The number of nitrogens with one attached hydrogen (secondary N) is 2. The molecule has 0 aliphatic rings. The number of rotatable bonds is 17. The third kappa shape index (κ3) is 12.7. The monoisotopic (exact) mass is 507 g/mol. The van der Waals surface area contributed by atoms with Crippen molar-refractivity contribution in [2.75, 3.05) is 26.3 Å². The van der Waals surface area contributed by atoms with Gasteiger partial charge in [0.25, 0.3) is 11.8 Å². The number of alkyl carbamates (subject to hydrolysis) is 1. The summed E-state index contributed by atoms with van der Waals surface area (Å²) in [5.41, 5.74) is 5.47. The lowest BCUT2D eigenvalue weighted by atomic mass is 10.1. The van der Waals surface area contributed by atoms with E-state index in [9.17, 15) is 14.4 Å². The Labute approximate surface area is 215 Å². The van der Waals surface area contributed by atoms with Crippen LogP contribution in [0, 0.1) is 0 Å². The summed E-state index contributed by atoms with van der Waals surface area (Å²) in [6, 6.07) is 3.04. The molecule has 0 heterocycles. The van der Waals surface area contributed by atoms with E-state index in [0.717, 1.165) is 44.9 Å². The molecule has 0 saturated heterocycles. The number of hydrogen-bond donors (Lipinski definition) is 3. The first-order valence-corrected chi connectivity index (χ1v) is 13.1. The van der Waals surface area contributed by atoms with Gasteiger partial charge in [-0.3, -0.25) is 9.59 Å².